The number of hydrogen-bond acceptors (Lipinski definition) is 4. The van der Waals surface area contributed by atoms with Gasteiger partial charge < -0.3 is 10.6 Å². The number of anilines is 1. The van der Waals surface area contributed by atoms with E-state index in [1.54, 1.807) is 7.05 Å². The van der Waals surface area contributed by atoms with Crippen molar-refractivity contribution in [2.45, 2.75) is 38.1 Å². The molecular formula is C12H17N5O. The van der Waals surface area contributed by atoms with Crippen LogP contribution in [0.3, 0.4) is 0 Å². The van der Waals surface area contributed by atoms with Gasteiger partial charge in [-0.15, -0.1) is 0 Å². The molecule has 0 radical (unpaired) electrons. The highest BCUT2D eigenvalue weighted by Gasteiger charge is 2.31. The third-order valence-corrected chi connectivity index (χ3v) is 3.39. The Kier molecular flexibility index (Phi) is 3.24. The van der Waals surface area contributed by atoms with Gasteiger partial charge in [0.15, 0.2) is 5.69 Å². The highest BCUT2D eigenvalue weighted by molar-refractivity contribution is 5.97. The molecule has 0 spiro atoms. The van der Waals surface area contributed by atoms with Gasteiger partial charge in [0.25, 0.3) is 5.91 Å². The Bertz CT molecular complexity index is 497. The van der Waals surface area contributed by atoms with E-state index in [1.807, 2.05) is 13.0 Å². The van der Waals surface area contributed by atoms with Crippen LogP contribution in [-0.2, 0) is 0 Å². The zero-order valence-corrected chi connectivity index (χ0v) is 10.6. The average molecular weight is 247 g/mol. The van der Waals surface area contributed by atoms with Gasteiger partial charge in [0, 0.05) is 19.0 Å². The first-order valence-electron chi connectivity index (χ1n) is 6.04. The van der Waals surface area contributed by atoms with E-state index in [0.717, 1.165) is 18.5 Å². The summed E-state index contributed by atoms with van der Waals surface area (Å²) in [6.45, 7) is 1.83. The summed E-state index contributed by atoms with van der Waals surface area (Å²) < 4.78 is 0. The second-order valence-electron chi connectivity index (χ2n) is 4.80. The summed E-state index contributed by atoms with van der Waals surface area (Å²) in [5.41, 5.74) is 7.55. The molecule has 18 heavy (non-hydrogen) atoms. The highest BCUT2D eigenvalue weighted by Crippen LogP contribution is 2.42. The van der Waals surface area contributed by atoms with Gasteiger partial charge in [-0.25, -0.2) is 0 Å². The maximum atomic E-state index is 12.2. The topological polar surface area (TPSA) is 98.8 Å². The zero-order chi connectivity index (χ0) is 13.3. The number of aromatic nitrogens is 2. The standard InChI is InChI=1S/C12H17N5O/c1-7(5-6-13)17(2)12(18)11-9(14)10(15-16-11)8-3-4-8/h7-8H,3-5,14H2,1-2H3,(H,15,16). The van der Waals surface area contributed by atoms with Gasteiger partial charge in [-0.3, -0.25) is 9.89 Å². The van der Waals surface area contributed by atoms with E-state index in [4.69, 9.17) is 11.0 Å². The Balaban J connectivity index is 2.16. The van der Waals surface area contributed by atoms with Crippen LogP contribution in [0.2, 0.25) is 0 Å². The van der Waals surface area contributed by atoms with Gasteiger partial charge in [0.05, 0.1) is 23.9 Å². The Morgan fingerprint density at radius 1 is 1.72 bits per heavy atom. The molecule has 1 saturated carbocycles. The summed E-state index contributed by atoms with van der Waals surface area (Å²) in [5, 5.41) is 15.5. The number of aromatic amines is 1. The van der Waals surface area contributed by atoms with Crippen LogP contribution in [0.4, 0.5) is 5.69 Å². The van der Waals surface area contributed by atoms with E-state index in [-0.39, 0.29) is 17.6 Å². The predicted molar refractivity (Wildman–Crippen MR) is 66.8 cm³/mol. The first kappa shape index (κ1) is 12.4. The van der Waals surface area contributed by atoms with Crippen molar-refractivity contribution in [1.29, 1.82) is 5.26 Å². The number of nitriles is 1. The zero-order valence-electron chi connectivity index (χ0n) is 10.6. The van der Waals surface area contributed by atoms with E-state index in [0.29, 0.717) is 18.0 Å². The smallest absolute Gasteiger partial charge is 0.276 e. The summed E-state index contributed by atoms with van der Waals surface area (Å²) in [5.74, 6) is 0.194. The lowest BCUT2D eigenvalue weighted by Gasteiger charge is -2.22. The number of amides is 1. The van der Waals surface area contributed by atoms with Crippen LogP contribution in [0.15, 0.2) is 0 Å². The minimum absolute atomic E-state index is 0.150. The molecule has 2 rings (SSSR count). The second-order valence-corrected chi connectivity index (χ2v) is 4.80. The fourth-order valence-corrected chi connectivity index (χ4v) is 1.85. The summed E-state index contributed by atoms with van der Waals surface area (Å²) in [6.07, 6.45) is 2.49. The van der Waals surface area contributed by atoms with E-state index < -0.39 is 0 Å². The molecule has 1 amide bonds. The van der Waals surface area contributed by atoms with Crippen molar-refractivity contribution in [2.75, 3.05) is 12.8 Å². The van der Waals surface area contributed by atoms with E-state index in [1.165, 1.54) is 4.90 Å². The number of nitrogens with two attached hydrogens (primary N) is 1. The van der Waals surface area contributed by atoms with Crippen molar-refractivity contribution in [3.63, 3.8) is 0 Å². The van der Waals surface area contributed by atoms with Gasteiger partial charge in [0.2, 0.25) is 0 Å². The normalized spacial score (nSPS) is 16.1. The monoisotopic (exact) mass is 247 g/mol. The van der Waals surface area contributed by atoms with Crippen LogP contribution in [0, 0.1) is 11.3 Å². The first-order chi connectivity index (χ1) is 8.56. The van der Waals surface area contributed by atoms with E-state index in [2.05, 4.69) is 10.2 Å². The largest absolute Gasteiger partial charge is 0.395 e. The van der Waals surface area contributed by atoms with Crippen molar-refractivity contribution in [2.24, 2.45) is 0 Å². The molecule has 1 aromatic heterocycles. The summed E-state index contributed by atoms with van der Waals surface area (Å²) >= 11 is 0. The third-order valence-electron chi connectivity index (χ3n) is 3.39. The van der Waals surface area contributed by atoms with Crippen LogP contribution >= 0.6 is 0 Å². The van der Waals surface area contributed by atoms with Gasteiger partial charge in [-0.05, 0) is 19.8 Å². The maximum Gasteiger partial charge on any atom is 0.276 e. The lowest BCUT2D eigenvalue weighted by atomic mass is 10.2. The molecule has 1 fully saturated rings. The molecule has 1 unspecified atom stereocenters. The van der Waals surface area contributed by atoms with Gasteiger partial charge in [-0.1, -0.05) is 0 Å². The Morgan fingerprint density at radius 3 is 2.94 bits per heavy atom. The summed E-state index contributed by atoms with van der Waals surface area (Å²) in [6, 6.07) is 1.90. The number of H-pyrrole nitrogens is 1. The van der Waals surface area contributed by atoms with Crippen molar-refractivity contribution in [1.82, 2.24) is 15.1 Å². The number of rotatable bonds is 4. The third kappa shape index (κ3) is 2.16. The lowest BCUT2D eigenvalue weighted by Crippen LogP contribution is -2.35. The molecule has 1 aromatic rings. The quantitative estimate of drug-likeness (QED) is 0.836. The number of carbonyl (C=O) groups is 1. The number of nitrogen functional groups attached to an aromatic ring is 1. The van der Waals surface area contributed by atoms with Crippen LogP contribution in [0.1, 0.15) is 48.3 Å². The predicted octanol–water partition coefficient (Wildman–Crippen LogP) is 1.24. The van der Waals surface area contributed by atoms with Crippen molar-refractivity contribution < 1.29 is 4.79 Å². The summed E-state index contributed by atoms with van der Waals surface area (Å²) in [4.78, 5) is 13.7. The summed E-state index contributed by atoms with van der Waals surface area (Å²) in [7, 11) is 1.66. The molecule has 0 aromatic carbocycles. The average Bonchev–Trinajstić information content (AvgIpc) is 3.11. The fraction of sp³-hybridized carbons (Fsp3) is 0.583. The molecule has 1 aliphatic carbocycles. The van der Waals surface area contributed by atoms with Gasteiger partial charge >= 0.3 is 0 Å². The Morgan fingerprint density at radius 2 is 2.39 bits per heavy atom. The molecule has 1 heterocycles. The molecular weight excluding hydrogens is 230 g/mol. The number of carbonyl (C=O) groups excluding carboxylic acids is 1. The van der Waals surface area contributed by atoms with Gasteiger partial charge in [-0.2, -0.15) is 10.4 Å². The molecule has 0 bridgehead atoms. The van der Waals surface area contributed by atoms with Crippen LogP contribution in [0.25, 0.3) is 0 Å². The van der Waals surface area contributed by atoms with Crippen molar-refractivity contribution >= 4 is 11.6 Å². The molecule has 6 heteroatoms. The minimum Gasteiger partial charge on any atom is -0.395 e. The lowest BCUT2D eigenvalue weighted by molar-refractivity contribution is 0.0741. The molecule has 0 saturated heterocycles. The fourth-order valence-electron chi connectivity index (χ4n) is 1.85. The molecule has 6 nitrogen and oxygen atoms in total. The minimum atomic E-state index is -0.238. The van der Waals surface area contributed by atoms with Crippen LogP contribution < -0.4 is 5.73 Å². The molecule has 3 N–H and O–H groups in total. The SMILES string of the molecule is CC(CC#N)N(C)C(=O)c1n[nH]c(C2CC2)c1N. The first-order valence-corrected chi connectivity index (χ1v) is 6.04. The van der Waals surface area contributed by atoms with E-state index in [9.17, 15) is 4.79 Å². The van der Waals surface area contributed by atoms with Gasteiger partial charge in [0.1, 0.15) is 0 Å². The van der Waals surface area contributed by atoms with Crippen LogP contribution in [-0.4, -0.2) is 34.1 Å². The molecule has 1 aliphatic rings. The highest BCUT2D eigenvalue weighted by atomic mass is 16.2. The Hall–Kier alpha value is -2.03. The van der Waals surface area contributed by atoms with E-state index >= 15 is 0 Å². The molecule has 1 atom stereocenters. The number of hydrogen-bond donors (Lipinski definition) is 2. The van der Waals surface area contributed by atoms with Crippen LogP contribution in [0.5, 0.6) is 0 Å². The van der Waals surface area contributed by atoms with Crippen molar-refractivity contribution in [3.05, 3.63) is 11.4 Å². The number of nitrogens with zero attached hydrogens (tertiary/aromatic N) is 3. The molecule has 0 aliphatic heterocycles. The van der Waals surface area contributed by atoms with Crippen molar-refractivity contribution in [3.8, 4) is 6.07 Å². The maximum absolute atomic E-state index is 12.2. The second kappa shape index (κ2) is 4.69. The Labute approximate surface area is 106 Å². The number of nitrogens with one attached hydrogen (secondary N) is 1. The molecule has 96 valence electrons.